The molecule has 0 bridgehead atoms. The summed E-state index contributed by atoms with van der Waals surface area (Å²) in [6.45, 7) is 5.54. The standard InChI is InChI=1S/C13H19NS/c1-10-4-3-5-11(2)13(10)15-9-8-14-12-6-7-12/h3-5,12,14H,6-9H2,1-2H3. The lowest BCUT2D eigenvalue weighted by Gasteiger charge is -2.09. The molecule has 0 radical (unpaired) electrons. The van der Waals surface area contributed by atoms with E-state index in [0.29, 0.717) is 0 Å². The van der Waals surface area contributed by atoms with Gasteiger partial charge in [-0.05, 0) is 37.8 Å². The van der Waals surface area contributed by atoms with Crippen LogP contribution in [0.1, 0.15) is 24.0 Å². The molecule has 2 heteroatoms. The molecule has 0 aromatic heterocycles. The molecular formula is C13H19NS. The zero-order chi connectivity index (χ0) is 10.7. The van der Waals surface area contributed by atoms with Gasteiger partial charge in [0.1, 0.15) is 0 Å². The normalized spacial score (nSPS) is 15.6. The van der Waals surface area contributed by atoms with Crippen molar-refractivity contribution in [2.45, 2.75) is 37.6 Å². The Bertz CT molecular complexity index is 311. The molecule has 1 N–H and O–H groups in total. The average Bonchev–Trinajstić information content (AvgIpc) is 3.00. The predicted octanol–water partition coefficient (Wildman–Crippen LogP) is 3.15. The summed E-state index contributed by atoms with van der Waals surface area (Å²) in [5, 5.41) is 3.54. The molecule has 1 aliphatic carbocycles. The van der Waals surface area contributed by atoms with Crippen molar-refractivity contribution < 1.29 is 0 Å². The summed E-state index contributed by atoms with van der Waals surface area (Å²) in [4.78, 5) is 1.47. The van der Waals surface area contributed by atoms with E-state index in [2.05, 4.69) is 37.4 Å². The fourth-order valence-electron chi connectivity index (χ4n) is 1.73. The van der Waals surface area contributed by atoms with Crippen LogP contribution in [0.15, 0.2) is 23.1 Å². The van der Waals surface area contributed by atoms with Crippen LogP contribution in [0.3, 0.4) is 0 Å². The van der Waals surface area contributed by atoms with Gasteiger partial charge >= 0.3 is 0 Å². The molecule has 0 spiro atoms. The van der Waals surface area contributed by atoms with Crippen LogP contribution >= 0.6 is 11.8 Å². The lowest BCUT2D eigenvalue weighted by atomic mass is 10.2. The second-order valence-electron chi connectivity index (χ2n) is 4.30. The van der Waals surface area contributed by atoms with Crippen molar-refractivity contribution in [2.24, 2.45) is 0 Å². The largest absolute Gasteiger partial charge is 0.313 e. The van der Waals surface area contributed by atoms with Gasteiger partial charge in [-0.3, -0.25) is 0 Å². The second-order valence-corrected chi connectivity index (χ2v) is 5.40. The molecule has 0 saturated heterocycles. The highest BCUT2D eigenvalue weighted by Crippen LogP contribution is 2.26. The molecule has 1 fully saturated rings. The summed E-state index contributed by atoms with van der Waals surface area (Å²) in [5.41, 5.74) is 2.82. The lowest BCUT2D eigenvalue weighted by molar-refractivity contribution is 0.726. The number of aryl methyl sites for hydroxylation is 2. The average molecular weight is 221 g/mol. The maximum Gasteiger partial charge on any atom is 0.0131 e. The summed E-state index contributed by atoms with van der Waals surface area (Å²) < 4.78 is 0. The van der Waals surface area contributed by atoms with Crippen molar-refractivity contribution in [3.8, 4) is 0 Å². The highest BCUT2D eigenvalue weighted by atomic mass is 32.2. The number of benzene rings is 1. The first-order chi connectivity index (χ1) is 7.27. The topological polar surface area (TPSA) is 12.0 Å². The van der Waals surface area contributed by atoms with Gasteiger partial charge < -0.3 is 5.32 Å². The van der Waals surface area contributed by atoms with Crippen LogP contribution in [-0.4, -0.2) is 18.3 Å². The quantitative estimate of drug-likeness (QED) is 0.605. The van der Waals surface area contributed by atoms with Gasteiger partial charge in [0.15, 0.2) is 0 Å². The number of hydrogen-bond donors (Lipinski definition) is 1. The molecule has 1 aliphatic rings. The number of nitrogens with one attached hydrogen (secondary N) is 1. The Balaban J connectivity index is 1.80. The number of rotatable bonds is 5. The maximum atomic E-state index is 3.54. The molecular weight excluding hydrogens is 202 g/mol. The molecule has 0 atom stereocenters. The van der Waals surface area contributed by atoms with Gasteiger partial charge in [-0.1, -0.05) is 18.2 Å². The predicted molar refractivity (Wildman–Crippen MR) is 67.7 cm³/mol. The van der Waals surface area contributed by atoms with Gasteiger partial charge in [0.05, 0.1) is 0 Å². The van der Waals surface area contributed by atoms with Crippen molar-refractivity contribution in [1.29, 1.82) is 0 Å². The van der Waals surface area contributed by atoms with E-state index in [4.69, 9.17) is 0 Å². The van der Waals surface area contributed by atoms with E-state index >= 15 is 0 Å². The third-order valence-corrected chi connectivity index (χ3v) is 4.11. The Morgan fingerprint density at radius 3 is 2.53 bits per heavy atom. The first-order valence-electron chi connectivity index (χ1n) is 5.70. The Kier molecular flexibility index (Phi) is 3.71. The van der Waals surface area contributed by atoms with E-state index in [1.54, 1.807) is 0 Å². The fourth-order valence-corrected chi connectivity index (χ4v) is 2.75. The maximum absolute atomic E-state index is 3.54. The summed E-state index contributed by atoms with van der Waals surface area (Å²) in [6.07, 6.45) is 2.77. The van der Waals surface area contributed by atoms with Gasteiger partial charge in [-0.15, -0.1) is 11.8 Å². The molecule has 1 saturated carbocycles. The minimum Gasteiger partial charge on any atom is -0.313 e. The van der Waals surface area contributed by atoms with Gasteiger partial charge in [-0.25, -0.2) is 0 Å². The zero-order valence-corrected chi connectivity index (χ0v) is 10.4. The van der Waals surface area contributed by atoms with Crippen LogP contribution in [0.25, 0.3) is 0 Å². The monoisotopic (exact) mass is 221 g/mol. The van der Waals surface area contributed by atoms with Crippen molar-refractivity contribution in [1.82, 2.24) is 5.32 Å². The molecule has 0 amide bonds. The number of hydrogen-bond acceptors (Lipinski definition) is 2. The SMILES string of the molecule is Cc1cccc(C)c1SCCNC1CC1. The van der Waals surface area contributed by atoms with Crippen molar-refractivity contribution in [3.05, 3.63) is 29.3 Å². The third kappa shape index (κ3) is 3.25. The van der Waals surface area contributed by atoms with E-state index < -0.39 is 0 Å². The van der Waals surface area contributed by atoms with E-state index in [0.717, 1.165) is 12.6 Å². The Hall–Kier alpha value is -0.470. The van der Waals surface area contributed by atoms with E-state index in [1.165, 1.54) is 34.6 Å². The number of thioether (sulfide) groups is 1. The van der Waals surface area contributed by atoms with Crippen LogP contribution in [0.4, 0.5) is 0 Å². The highest BCUT2D eigenvalue weighted by Gasteiger charge is 2.19. The molecule has 1 aromatic carbocycles. The summed E-state index contributed by atoms with van der Waals surface area (Å²) >= 11 is 1.98. The van der Waals surface area contributed by atoms with Crippen LogP contribution in [-0.2, 0) is 0 Å². The van der Waals surface area contributed by atoms with Gasteiger partial charge in [0.2, 0.25) is 0 Å². The van der Waals surface area contributed by atoms with Crippen LogP contribution in [0, 0.1) is 13.8 Å². The Labute approximate surface area is 96.7 Å². The highest BCUT2D eigenvalue weighted by molar-refractivity contribution is 7.99. The molecule has 15 heavy (non-hydrogen) atoms. The van der Waals surface area contributed by atoms with Gasteiger partial charge in [0.25, 0.3) is 0 Å². The molecule has 2 rings (SSSR count). The van der Waals surface area contributed by atoms with Crippen molar-refractivity contribution >= 4 is 11.8 Å². The molecule has 1 nitrogen and oxygen atoms in total. The molecule has 0 aliphatic heterocycles. The van der Waals surface area contributed by atoms with Gasteiger partial charge in [0, 0.05) is 23.2 Å². The van der Waals surface area contributed by atoms with Crippen LogP contribution < -0.4 is 5.32 Å². The smallest absolute Gasteiger partial charge is 0.0131 e. The van der Waals surface area contributed by atoms with E-state index in [1.807, 2.05) is 11.8 Å². The minimum atomic E-state index is 0.837. The Morgan fingerprint density at radius 1 is 1.27 bits per heavy atom. The fraction of sp³-hybridized carbons (Fsp3) is 0.538. The van der Waals surface area contributed by atoms with Crippen LogP contribution in [0.2, 0.25) is 0 Å². The summed E-state index contributed by atoms with van der Waals surface area (Å²) in [6, 6.07) is 7.37. The van der Waals surface area contributed by atoms with Crippen LogP contribution in [0.5, 0.6) is 0 Å². The summed E-state index contributed by atoms with van der Waals surface area (Å²) in [5.74, 6) is 1.18. The van der Waals surface area contributed by atoms with E-state index in [-0.39, 0.29) is 0 Å². The second kappa shape index (κ2) is 5.04. The summed E-state index contributed by atoms with van der Waals surface area (Å²) in [7, 11) is 0. The molecule has 82 valence electrons. The third-order valence-electron chi connectivity index (χ3n) is 2.77. The van der Waals surface area contributed by atoms with E-state index in [9.17, 15) is 0 Å². The Morgan fingerprint density at radius 2 is 1.93 bits per heavy atom. The first-order valence-corrected chi connectivity index (χ1v) is 6.68. The molecule has 0 unspecified atom stereocenters. The zero-order valence-electron chi connectivity index (χ0n) is 9.55. The van der Waals surface area contributed by atoms with Crippen molar-refractivity contribution in [2.75, 3.05) is 12.3 Å². The first kappa shape index (κ1) is 11.0. The lowest BCUT2D eigenvalue weighted by Crippen LogP contribution is -2.19. The minimum absolute atomic E-state index is 0.837. The molecule has 1 aromatic rings. The molecule has 0 heterocycles. The van der Waals surface area contributed by atoms with Crippen molar-refractivity contribution in [3.63, 3.8) is 0 Å². The van der Waals surface area contributed by atoms with Gasteiger partial charge in [-0.2, -0.15) is 0 Å².